The van der Waals surface area contributed by atoms with Gasteiger partial charge in [-0.05, 0) is 33.3 Å². The predicted octanol–water partition coefficient (Wildman–Crippen LogP) is 1.59. The molecule has 2 heterocycles. The van der Waals surface area contributed by atoms with Crippen molar-refractivity contribution in [1.82, 2.24) is 20.1 Å². The highest BCUT2D eigenvalue weighted by atomic mass is 32.1. The average Bonchev–Trinajstić information content (AvgIpc) is 2.87. The van der Waals surface area contributed by atoms with Gasteiger partial charge in [0, 0.05) is 20.2 Å². The van der Waals surface area contributed by atoms with E-state index in [0.717, 1.165) is 11.3 Å². The number of rotatable bonds is 5. The number of thiazole rings is 1. The van der Waals surface area contributed by atoms with Crippen LogP contribution in [0.4, 0.5) is 0 Å². The van der Waals surface area contributed by atoms with E-state index in [1.165, 1.54) is 16.0 Å². The highest BCUT2D eigenvalue weighted by Gasteiger charge is 2.21. The Morgan fingerprint density at radius 2 is 2.00 bits per heavy atom. The number of ether oxygens (including phenoxy) is 1. The molecule has 7 nitrogen and oxygen atoms in total. The lowest BCUT2D eigenvalue weighted by Gasteiger charge is -2.11. The molecule has 8 heteroatoms. The zero-order chi connectivity index (χ0) is 18.0. The van der Waals surface area contributed by atoms with Crippen LogP contribution in [0.15, 0.2) is 4.79 Å². The molecule has 2 aromatic rings. The summed E-state index contributed by atoms with van der Waals surface area (Å²) in [7, 11) is 3.20. The number of aromatic nitrogens is 3. The molecule has 1 amide bonds. The minimum absolute atomic E-state index is 0.106. The van der Waals surface area contributed by atoms with Crippen molar-refractivity contribution >= 4 is 17.2 Å². The summed E-state index contributed by atoms with van der Waals surface area (Å²) in [6.45, 7) is 7.75. The molecule has 0 aliphatic heterocycles. The lowest BCUT2D eigenvalue weighted by molar-refractivity contribution is 0.0909. The van der Waals surface area contributed by atoms with Gasteiger partial charge in [0.2, 0.25) is 0 Å². The Bertz CT molecular complexity index is 825. The van der Waals surface area contributed by atoms with E-state index >= 15 is 0 Å². The number of hydrogen-bond acceptors (Lipinski definition) is 6. The fraction of sp³-hybridized carbons (Fsp3) is 0.500. The lowest BCUT2D eigenvalue weighted by atomic mass is 10.1. The molecule has 24 heavy (non-hydrogen) atoms. The maximum atomic E-state index is 12.4. The van der Waals surface area contributed by atoms with Crippen LogP contribution in [-0.2, 0) is 11.8 Å². The summed E-state index contributed by atoms with van der Waals surface area (Å²) < 4.78 is 6.33. The molecule has 130 valence electrons. The van der Waals surface area contributed by atoms with E-state index in [1.54, 1.807) is 21.1 Å². The highest BCUT2D eigenvalue weighted by molar-refractivity contribution is 7.17. The summed E-state index contributed by atoms with van der Waals surface area (Å²) in [6.07, 6.45) is 0. The Kier molecular flexibility index (Phi) is 5.51. The molecule has 1 unspecified atom stereocenters. The second-order valence-corrected chi connectivity index (χ2v) is 6.78. The smallest absolute Gasteiger partial charge is 0.277 e. The summed E-state index contributed by atoms with van der Waals surface area (Å²) in [5.74, 6) is -0.207. The fourth-order valence-corrected chi connectivity index (χ4v) is 3.46. The number of nitrogens with zero attached hydrogens (tertiary/aromatic N) is 3. The van der Waals surface area contributed by atoms with E-state index in [2.05, 4.69) is 15.4 Å². The molecule has 0 saturated carbocycles. The summed E-state index contributed by atoms with van der Waals surface area (Å²) >= 11 is 1.22. The normalized spacial score (nSPS) is 12.2. The molecular formula is C16H22N4O3S. The molecule has 0 bridgehead atoms. The van der Waals surface area contributed by atoms with Crippen LogP contribution in [0.5, 0.6) is 0 Å². The van der Waals surface area contributed by atoms with Gasteiger partial charge in [-0.1, -0.05) is 0 Å². The van der Waals surface area contributed by atoms with E-state index in [4.69, 9.17) is 4.74 Å². The number of methoxy groups -OCH3 is 1. The average molecular weight is 350 g/mol. The molecule has 0 fully saturated rings. The number of carbonyl (C=O) groups is 1. The Hall–Kier alpha value is -2.06. The van der Waals surface area contributed by atoms with Gasteiger partial charge in [-0.2, -0.15) is 5.10 Å². The number of hydrogen-bond donors (Lipinski definition) is 1. The van der Waals surface area contributed by atoms with E-state index in [-0.39, 0.29) is 17.5 Å². The van der Waals surface area contributed by atoms with Crippen molar-refractivity contribution in [2.45, 2.75) is 33.7 Å². The first-order valence-corrected chi connectivity index (χ1v) is 8.40. The fourth-order valence-electron chi connectivity index (χ4n) is 2.40. The molecule has 2 rings (SSSR count). The minimum atomic E-state index is -0.216. The van der Waals surface area contributed by atoms with Crippen LogP contribution >= 0.6 is 11.3 Å². The summed E-state index contributed by atoms with van der Waals surface area (Å²) in [4.78, 5) is 29.8. The van der Waals surface area contributed by atoms with Crippen LogP contribution in [0.3, 0.4) is 0 Å². The first-order chi connectivity index (χ1) is 11.3. The van der Waals surface area contributed by atoms with Gasteiger partial charge in [-0.15, -0.1) is 11.3 Å². The van der Waals surface area contributed by atoms with Crippen molar-refractivity contribution in [1.29, 1.82) is 0 Å². The topological polar surface area (TPSA) is 86.1 Å². The number of carbonyl (C=O) groups excluding carboxylic acids is 1. The van der Waals surface area contributed by atoms with E-state index in [0.29, 0.717) is 27.7 Å². The van der Waals surface area contributed by atoms with Crippen LogP contribution in [-0.4, -0.2) is 40.4 Å². The number of aryl methyl sites for hydroxylation is 3. The van der Waals surface area contributed by atoms with Crippen molar-refractivity contribution in [2.75, 3.05) is 13.7 Å². The van der Waals surface area contributed by atoms with Gasteiger partial charge in [0.25, 0.3) is 11.5 Å². The first kappa shape index (κ1) is 18.3. The molecule has 1 N–H and O–H groups in total. The highest BCUT2D eigenvalue weighted by Crippen LogP contribution is 2.28. The maximum Gasteiger partial charge on any atom is 0.277 e. The molecule has 0 aliphatic carbocycles. The predicted molar refractivity (Wildman–Crippen MR) is 93.6 cm³/mol. The third kappa shape index (κ3) is 3.54. The van der Waals surface area contributed by atoms with Crippen molar-refractivity contribution in [3.05, 3.63) is 32.2 Å². The summed E-state index contributed by atoms with van der Waals surface area (Å²) in [5, 5.41) is 7.58. The summed E-state index contributed by atoms with van der Waals surface area (Å²) in [5.41, 5.74) is 2.44. The SMILES string of the molecule is COCC(C)NC(=O)c1sc(-c2c(C)c(C)nn(C)c2=O)nc1C. The van der Waals surface area contributed by atoms with Crippen LogP contribution < -0.4 is 10.9 Å². The standard InChI is InChI=1S/C16H22N4O3S/c1-8(7-23-6)17-14(21)13-11(4)18-15(24-13)12-9(2)10(3)19-20(5)16(12)22/h8H,7H2,1-6H3,(H,17,21). The van der Waals surface area contributed by atoms with Crippen LogP contribution in [0.2, 0.25) is 0 Å². The van der Waals surface area contributed by atoms with Gasteiger partial charge in [0.1, 0.15) is 9.88 Å². The Labute approximate surface area is 144 Å². The van der Waals surface area contributed by atoms with Gasteiger partial charge >= 0.3 is 0 Å². The second kappa shape index (κ2) is 7.23. The zero-order valence-corrected chi connectivity index (χ0v) is 15.6. The van der Waals surface area contributed by atoms with Gasteiger partial charge in [0.05, 0.1) is 23.6 Å². The number of nitrogens with one attached hydrogen (secondary N) is 1. The third-order valence-corrected chi connectivity index (χ3v) is 4.91. The molecule has 0 radical (unpaired) electrons. The Morgan fingerprint density at radius 1 is 1.33 bits per heavy atom. The van der Waals surface area contributed by atoms with Crippen molar-refractivity contribution in [3.8, 4) is 10.6 Å². The van der Waals surface area contributed by atoms with Gasteiger partial charge in [0.15, 0.2) is 0 Å². The maximum absolute atomic E-state index is 12.4. The van der Waals surface area contributed by atoms with Crippen molar-refractivity contribution < 1.29 is 9.53 Å². The van der Waals surface area contributed by atoms with Crippen LogP contribution in [0, 0.1) is 20.8 Å². The van der Waals surface area contributed by atoms with Crippen LogP contribution in [0.1, 0.15) is 33.5 Å². The van der Waals surface area contributed by atoms with E-state index < -0.39 is 0 Å². The molecule has 0 aliphatic rings. The molecule has 0 saturated heterocycles. The lowest BCUT2D eigenvalue weighted by Crippen LogP contribution is -2.35. The Morgan fingerprint density at radius 3 is 2.62 bits per heavy atom. The van der Waals surface area contributed by atoms with Gasteiger partial charge < -0.3 is 10.1 Å². The largest absolute Gasteiger partial charge is 0.383 e. The third-order valence-electron chi connectivity index (χ3n) is 3.74. The first-order valence-electron chi connectivity index (χ1n) is 7.58. The molecular weight excluding hydrogens is 328 g/mol. The quantitative estimate of drug-likeness (QED) is 0.885. The van der Waals surface area contributed by atoms with Crippen LogP contribution in [0.25, 0.3) is 10.6 Å². The Balaban J connectivity index is 2.43. The number of amides is 1. The van der Waals surface area contributed by atoms with Crippen molar-refractivity contribution in [2.24, 2.45) is 7.05 Å². The monoisotopic (exact) mass is 350 g/mol. The summed E-state index contributed by atoms with van der Waals surface area (Å²) in [6, 6.07) is -0.106. The van der Waals surface area contributed by atoms with Gasteiger partial charge in [-0.25, -0.2) is 9.67 Å². The molecule has 0 spiro atoms. The second-order valence-electron chi connectivity index (χ2n) is 5.78. The van der Waals surface area contributed by atoms with Crippen molar-refractivity contribution in [3.63, 3.8) is 0 Å². The van der Waals surface area contributed by atoms with Gasteiger partial charge in [-0.3, -0.25) is 9.59 Å². The molecule has 2 aromatic heterocycles. The molecule has 1 atom stereocenters. The molecule has 0 aromatic carbocycles. The minimum Gasteiger partial charge on any atom is -0.383 e. The zero-order valence-electron chi connectivity index (χ0n) is 14.8. The van der Waals surface area contributed by atoms with E-state index in [9.17, 15) is 9.59 Å². The van der Waals surface area contributed by atoms with E-state index in [1.807, 2.05) is 20.8 Å².